The Bertz CT molecular complexity index is 547. The zero-order valence-corrected chi connectivity index (χ0v) is 14.2. The summed E-state index contributed by atoms with van der Waals surface area (Å²) >= 11 is 1.88. The molecule has 0 aliphatic heterocycles. The lowest BCUT2D eigenvalue weighted by molar-refractivity contribution is 0.521. The molecule has 0 fully saturated rings. The molecule has 2 nitrogen and oxygen atoms in total. The summed E-state index contributed by atoms with van der Waals surface area (Å²) in [5, 5.41) is 4.13. The first-order valence-corrected chi connectivity index (χ1v) is 8.50. The number of hydrogen-bond donors (Lipinski definition) is 1. The van der Waals surface area contributed by atoms with Crippen LogP contribution in [0.2, 0.25) is 0 Å². The van der Waals surface area contributed by atoms with E-state index < -0.39 is 0 Å². The molecular formula is C18H25NOS. The summed E-state index contributed by atoms with van der Waals surface area (Å²) in [6, 6.07) is 11.3. The maximum atomic E-state index is 5.41. The minimum Gasteiger partial charge on any atom is -0.468 e. The van der Waals surface area contributed by atoms with Crippen molar-refractivity contribution in [2.24, 2.45) is 0 Å². The lowest BCUT2D eigenvalue weighted by Gasteiger charge is -2.25. The normalized spacial score (nSPS) is 14.1. The van der Waals surface area contributed by atoms with Gasteiger partial charge in [0.05, 0.1) is 6.26 Å². The molecule has 1 N–H and O–H groups in total. The van der Waals surface area contributed by atoms with Gasteiger partial charge in [0.1, 0.15) is 5.76 Å². The van der Waals surface area contributed by atoms with Crippen molar-refractivity contribution in [2.75, 3.05) is 6.54 Å². The summed E-state index contributed by atoms with van der Waals surface area (Å²) in [4.78, 5) is 1.23. The van der Waals surface area contributed by atoms with Gasteiger partial charge in [0, 0.05) is 16.2 Å². The Hall–Kier alpha value is -1.19. The Labute approximate surface area is 132 Å². The van der Waals surface area contributed by atoms with E-state index in [0.29, 0.717) is 11.3 Å². The van der Waals surface area contributed by atoms with Crippen LogP contribution in [-0.2, 0) is 0 Å². The first-order valence-electron chi connectivity index (χ1n) is 7.62. The molecule has 2 rings (SSSR count). The highest BCUT2D eigenvalue weighted by Crippen LogP contribution is 2.34. The molecule has 3 heteroatoms. The Kier molecular flexibility index (Phi) is 5.95. The summed E-state index contributed by atoms with van der Waals surface area (Å²) < 4.78 is 5.41. The van der Waals surface area contributed by atoms with Crippen LogP contribution in [0.15, 0.2) is 45.9 Å². The average molecular weight is 303 g/mol. The molecule has 2 unspecified atom stereocenters. The summed E-state index contributed by atoms with van der Waals surface area (Å²) in [5.74, 6) is 1.00. The van der Waals surface area contributed by atoms with Gasteiger partial charge in [0.15, 0.2) is 0 Å². The van der Waals surface area contributed by atoms with Crippen LogP contribution in [0.5, 0.6) is 0 Å². The van der Waals surface area contributed by atoms with Gasteiger partial charge >= 0.3 is 0 Å². The van der Waals surface area contributed by atoms with Crippen molar-refractivity contribution in [3.05, 3.63) is 53.5 Å². The molecule has 0 radical (unpaired) electrons. The van der Waals surface area contributed by atoms with Crippen LogP contribution >= 0.6 is 11.8 Å². The molecule has 0 aliphatic rings. The Balaban J connectivity index is 2.14. The Morgan fingerprint density at radius 3 is 2.43 bits per heavy atom. The number of benzene rings is 1. The van der Waals surface area contributed by atoms with Gasteiger partial charge in [-0.15, -0.1) is 11.8 Å². The molecule has 0 spiro atoms. The molecule has 2 atom stereocenters. The van der Waals surface area contributed by atoms with Crippen molar-refractivity contribution < 1.29 is 4.42 Å². The maximum Gasteiger partial charge on any atom is 0.114 e. The monoisotopic (exact) mass is 303 g/mol. The van der Waals surface area contributed by atoms with Crippen LogP contribution in [0.3, 0.4) is 0 Å². The molecule has 1 heterocycles. The van der Waals surface area contributed by atoms with Crippen LogP contribution in [0.4, 0.5) is 0 Å². The van der Waals surface area contributed by atoms with E-state index in [1.165, 1.54) is 16.0 Å². The fraction of sp³-hybridized carbons (Fsp3) is 0.444. The van der Waals surface area contributed by atoms with E-state index in [0.717, 1.165) is 18.7 Å². The smallest absolute Gasteiger partial charge is 0.114 e. The molecule has 0 saturated carbocycles. The zero-order valence-electron chi connectivity index (χ0n) is 13.3. The minimum absolute atomic E-state index is 0.352. The summed E-state index contributed by atoms with van der Waals surface area (Å²) in [6.07, 6.45) is 2.91. The molecule has 1 aromatic heterocycles. The zero-order chi connectivity index (χ0) is 15.2. The molecule has 0 bridgehead atoms. The summed E-state index contributed by atoms with van der Waals surface area (Å²) in [7, 11) is 0. The van der Waals surface area contributed by atoms with E-state index in [2.05, 4.69) is 56.4 Å². The molecule has 0 aliphatic carbocycles. The van der Waals surface area contributed by atoms with E-state index in [1.54, 1.807) is 6.26 Å². The lowest BCUT2D eigenvalue weighted by atomic mass is 10.0. The molecular weight excluding hydrogens is 278 g/mol. The number of thioether (sulfide) groups is 1. The highest BCUT2D eigenvalue weighted by molar-refractivity contribution is 8.00. The first-order chi connectivity index (χ1) is 10.1. The number of furan rings is 1. The average Bonchev–Trinajstić information content (AvgIpc) is 2.86. The second kappa shape index (κ2) is 7.71. The molecule has 1 aromatic carbocycles. The van der Waals surface area contributed by atoms with Crippen LogP contribution < -0.4 is 5.32 Å². The number of hydrogen-bond acceptors (Lipinski definition) is 3. The van der Waals surface area contributed by atoms with Crippen molar-refractivity contribution in [2.45, 2.75) is 50.3 Å². The van der Waals surface area contributed by atoms with Gasteiger partial charge in [-0.25, -0.2) is 0 Å². The van der Waals surface area contributed by atoms with Crippen molar-refractivity contribution in [1.29, 1.82) is 0 Å². The third-order valence-corrected chi connectivity index (χ3v) is 4.97. The van der Waals surface area contributed by atoms with E-state index in [9.17, 15) is 0 Å². The van der Waals surface area contributed by atoms with Crippen LogP contribution in [-0.4, -0.2) is 11.8 Å². The molecule has 0 saturated heterocycles. The standard InChI is InChI=1S/C18H25NOS/c1-5-11-19-18(16-8-6-13(2)7-9-16)15(4)21-17-10-12-20-14(17)3/h6-10,12,15,18-19H,5,11H2,1-4H3. The third kappa shape index (κ3) is 4.39. The predicted octanol–water partition coefficient (Wildman–Crippen LogP) is 5.12. The van der Waals surface area contributed by atoms with Crippen LogP contribution in [0, 0.1) is 13.8 Å². The maximum absolute atomic E-state index is 5.41. The second-order valence-electron chi connectivity index (χ2n) is 5.51. The quantitative estimate of drug-likeness (QED) is 0.719. The van der Waals surface area contributed by atoms with Crippen molar-refractivity contribution in [1.82, 2.24) is 5.32 Å². The minimum atomic E-state index is 0.352. The SMILES string of the molecule is CCCNC(c1ccc(C)cc1)C(C)Sc1ccoc1C. The Morgan fingerprint density at radius 1 is 1.14 bits per heavy atom. The van der Waals surface area contributed by atoms with Gasteiger partial charge in [0.2, 0.25) is 0 Å². The topological polar surface area (TPSA) is 25.2 Å². The Morgan fingerprint density at radius 2 is 1.86 bits per heavy atom. The highest BCUT2D eigenvalue weighted by atomic mass is 32.2. The van der Waals surface area contributed by atoms with E-state index in [4.69, 9.17) is 4.42 Å². The first kappa shape index (κ1) is 16.2. The van der Waals surface area contributed by atoms with E-state index in [1.807, 2.05) is 18.7 Å². The summed E-state index contributed by atoms with van der Waals surface area (Å²) in [5.41, 5.74) is 2.66. The lowest BCUT2D eigenvalue weighted by Crippen LogP contribution is -2.29. The van der Waals surface area contributed by atoms with Gasteiger partial charge in [-0.05, 0) is 38.4 Å². The number of aryl methyl sites for hydroxylation is 2. The number of rotatable bonds is 7. The van der Waals surface area contributed by atoms with Gasteiger partial charge in [0.25, 0.3) is 0 Å². The van der Waals surface area contributed by atoms with E-state index in [-0.39, 0.29) is 0 Å². The predicted molar refractivity (Wildman–Crippen MR) is 91.0 cm³/mol. The van der Waals surface area contributed by atoms with E-state index >= 15 is 0 Å². The van der Waals surface area contributed by atoms with Crippen molar-refractivity contribution in [3.8, 4) is 0 Å². The molecule has 2 aromatic rings. The van der Waals surface area contributed by atoms with Gasteiger partial charge < -0.3 is 9.73 Å². The van der Waals surface area contributed by atoms with Gasteiger partial charge in [-0.3, -0.25) is 0 Å². The molecule has 21 heavy (non-hydrogen) atoms. The van der Waals surface area contributed by atoms with Gasteiger partial charge in [-0.2, -0.15) is 0 Å². The third-order valence-electron chi connectivity index (χ3n) is 3.64. The number of nitrogens with one attached hydrogen (secondary N) is 1. The molecule has 0 amide bonds. The van der Waals surface area contributed by atoms with Crippen molar-refractivity contribution in [3.63, 3.8) is 0 Å². The van der Waals surface area contributed by atoms with Crippen molar-refractivity contribution >= 4 is 11.8 Å². The fourth-order valence-corrected chi connectivity index (χ4v) is 3.53. The summed E-state index contributed by atoms with van der Waals surface area (Å²) in [6.45, 7) is 9.68. The van der Waals surface area contributed by atoms with Crippen LogP contribution in [0.25, 0.3) is 0 Å². The van der Waals surface area contributed by atoms with Crippen LogP contribution in [0.1, 0.15) is 43.2 Å². The second-order valence-corrected chi connectivity index (χ2v) is 6.93. The van der Waals surface area contributed by atoms with Gasteiger partial charge in [-0.1, -0.05) is 43.7 Å². The highest BCUT2D eigenvalue weighted by Gasteiger charge is 2.20. The molecule has 114 valence electrons. The largest absolute Gasteiger partial charge is 0.468 e. The fourth-order valence-electron chi connectivity index (χ4n) is 2.39.